The fourth-order valence-electron chi connectivity index (χ4n) is 2.75. The topological polar surface area (TPSA) is 18.5 Å². The van der Waals surface area contributed by atoms with Crippen LogP contribution in [0.15, 0.2) is 12.1 Å². The van der Waals surface area contributed by atoms with Crippen molar-refractivity contribution in [3.63, 3.8) is 0 Å². The lowest BCUT2D eigenvalue weighted by Crippen LogP contribution is -2.00. The van der Waals surface area contributed by atoms with Crippen molar-refractivity contribution in [2.24, 2.45) is 0 Å². The lowest BCUT2D eigenvalue weighted by molar-refractivity contribution is 0.301. The zero-order chi connectivity index (χ0) is 21.9. The van der Waals surface area contributed by atoms with Crippen molar-refractivity contribution in [1.82, 2.24) is 0 Å². The van der Waals surface area contributed by atoms with Crippen LogP contribution in [-0.2, 0) is 0 Å². The number of rotatable bonds is 11. The van der Waals surface area contributed by atoms with E-state index >= 15 is 0 Å². The molecule has 0 fully saturated rings. The van der Waals surface area contributed by atoms with Crippen LogP contribution in [0.25, 0.3) is 0 Å². The Morgan fingerprint density at radius 3 is 1.90 bits per heavy atom. The van der Waals surface area contributed by atoms with E-state index in [1.165, 1.54) is 44.9 Å². The van der Waals surface area contributed by atoms with Crippen LogP contribution in [0.3, 0.4) is 0 Å². The van der Waals surface area contributed by atoms with Crippen LogP contribution >= 0.6 is 0 Å². The number of hydrogen-bond donors (Lipinski definition) is 0. The molecule has 0 aliphatic rings. The molecule has 0 aromatic heterocycles. The summed E-state index contributed by atoms with van der Waals surface area (Å²) in [6, 6.07) is 3.94. The van der Waals surface area contributed by atoms with Crippen molar-refractivity contribution in [2.45, 2.75) is 72.1 Å². The SMILES string of the molecule is C#CC#CC#CC#CC#COc1cc(C)c(OCCCCCCCCCC)cc1C. The smallest absolute Gasteiger partial charge is 0.143 e. The zero-order valence-corrected chi connectivity index (χ0v) is 18.4. The Bertz CT molecular complexity index is 948. The van der Waals surface area contributed by atoms with Gasteiger partial charge >= 0.3 is 0 Å². The predicted molar refractivity (Wildman–Crippen MR) is 125 cm³/mol. The van der Waals surface area contributed by atoms with E-state index in [9.17, 15) is 0 Å². The van der Waals surface area contributed by atoms with Crippen LogP contribution in [0.4, 0.5) is 0 Å². The normalized spacial score (nSPS) is 8.60. The lowest BCUT2D eigenvalue weighted by Gasteiger charge is -2.12. The minimum absolute atomic E-state index is 0.701. The third-order valence-electron chi connectivity index (χ3n) is 4.39. The maximum absolute atomic E-state index is 5.96. The quantitative estimate of drug-likeness (QED) is 0.346. The summed E-state index contributed by atoms with van der Waals surface area (Å²) in [7, 11) is 0. The molecule has 0 saturated heterocycles. The minimum atomic E-state index is 0.701. The molecule has 0 saturated carbocycles. The van der Waals surface area contributed by atoms with E-state index in [2.05, 4.69) is 60.4 Å². The van der Waals surface area contributed by atoms with Gasteiger partial charge in [0, 0.05) is 23.7 Å². The largest absolute Gasteiger partial charge is 0.493 e. The Morgan fingerprint density at radius 1 is 0.700 bits per heavy atom. The van der Waals surface area contributed by atoms with E-state index in [1.807, 2.05) is 26.0 Å². The van der Waals surface area contributed by atoms with Crippen LogP contribution in [0, 0.1) is 73.7 Å². The van der Waals surface area contributed by atoms with Crippen LogP contribution < -0.4 is 9.47 Å². The van der Waals surface area contributed by atoms with E-state index in [-0.39, 0.29) is 0 Å². The molecule has 0 aliphatic carbocycles. The molecule has 154 valence electrons. The van der Waals surface area contributed by atoms with Gasteiger partial charge in [0.2, 0.25) is 0 Å². The first-order valence-electron chi connectivity index (χ1n) is 10.6. The Hall–Kier alpha value is -3.38. The van der Waals surface area contributed by atoms with E-state index < -0.39 is 0 Å². The number of benzene rings is 1. The molecule has 0 bridgehead atoms. The second-order valence-electron chi connectivity index (χ2n) is 6.93. The highest BCUT2D eigenvalue weighted by Gasteiger charge is 2.06. The van der Waals surface area contributed by atoms with E-state index in [4.69, 9.17) is 15.9 Å². The fraction of sp³-hybridized carbons (Fsp3) is 0.429. The number of hydrogen-bond acceptors (Lipinski definition) is 2. The minimum Gasteiger partial charge on any atom is -0.493 e. The van der Waals surface area contributed by atoms with Gasteiger partial charge in [-0.15, -0.1) is 6.42 Å². The van der Waals surface area contributed by atoms with Crippen molar-refractivity contribution in [1.29, 1.82) is 0 Å². The summed E-state index contributed by atoms with van der Waals surface area (Å²) in [4.78, 5) is 0. The van der Waals surface area contributed by atoms with Gasteiger partial charge in [-0.05, 0) is 67.2 Å². The summed E-state index contributed by atoms with van der Waals surface area (Å²) in [5.41, 5.74) is 2.00. The standard InChI is InChI=1S/C28H30O2/c1-5-7-9-11-13-15-17-19-21-29-27-23-26(4)28(24-25(27)3)30-22-20-18-16-14-12-10-8-6-2/h1,23-24H,6,8,10,12,14,16,18,20,22H2,2-4H3. The number of aryl methyl sites for hydroxylation is 2. The molecule has 2 heteroatoms. The van der Waals surface area contributed by atoms with Crippen LogP contribution in [0.5, 0.6) is 11.5 Å². The van der Waals surface area contributed by atoms with Gasteiger partial charge in [0.05, 0.1) is 6.61 Å². The van der Waals surface area contributed by atoms with Crippen molar-refractivity contribution >= 4 is 0 Å². The third kappa shape index (κ3) is 11.5. The molecular weight excluding hydrogens is 368 g/mol. The first-order chi connectivity index (χ1) is 14.7. The summed E-state index contributed by atoms with van der Waals surface area (Å²) in [6.07, 6.45) is 17.9. The molecule has 0 amide bonds. The van der Waals surface area contributed by atoms with Gasteiger partial charge in [0.1, 0.15) is 17.6 Å². The summed E-state index contributed by atoms with van der Waals surface area (Å²) < 4.78 is 11.5. The summed E-state index contributed by atoms with van der Waals surface area (Å²) >= 11 is 0. The molecular formula is C28H30O2. The third-order valence-corrected chi connectivity index (χ3v) is 4.39. The second-order valence-corrected chi connectivity index (χ2v) is 6.93. The Morgan fingerprint density at radius 2 is 1.23 bits per heavy atom. The van der Waals surface area contributed by atoms with Gasteiger partial charge in [-0.3, -0.25) is 0 Å². The Labute approximate surface area is 183 Å². The number of ether oxygens (including phenoxy) is 2. The summed E-state index contributed by atoms with van der Waals surface area (Å²) in [5.74, 6) is 21.4. The monoisotopic (exact) mass is 398 g/mol. The number of terminal acetylenes is 1. The highest BCUT2D eigenvalue weighted by molar-refractivity contribution is 5.46. The Balaban J connectivity index is 2.41. The average Bonchev–Trinajstić information content (AvgIpc) is 2.74. The first-order valence-corrected chi connectivity index (χ1v) is 10.6. The van der Waals surface area contributed by atoms with Gasteiger partial charge in [0.15, 0.2) is 0 Å². The van der Waals surface area contributed by atoms with Crippen molar-refractivity contribution in [3.8, 4) is 71.4 Å². The molecule has 1 aromatic rings. The van der Waals surface area contributed by atoms with Gasteiger partial charge in [-0.2, -0.15) is 0 Å². The lowest BCUT2D eigenvalue weighted by atomic mass is 10.1. The first kappa shape index (κ1) is 24.7. The van der Waals surface area contributed by atoms with Gasteiger partial charge in [-0.25, -0.2) is 0 Å². The van der Waals surface area contributed by atoms with E-state index in [0.717, 1.165) is 29.9 Å². The molecule has 0 aliphatic heterocycles. The summed E-state index contributed by atoms with van der Waals surface area (Å²) in [5, 5.41) is 0. The predicted octanol–water partition coefficient (Wildman–Crippen LogP) is 5.81. The molecule has 0 heterocycles. The van der Waals surface area contributed by atoms with E-state index in [0.29, 0.717) is 5.75 Å². The highest BCUT2D eigenvalue weighted by Crippen LogP contribution is 2.28. The average molecular weight is 399 g/mol. The van der Waals surface area contributed by atoms with Crippen LogP contribution in [0.2, 0.25) is 0 Å². The number of unbranched alkanes of at least 4 members (excludes halogenated alkanes) is 7. The molecule has 0 unspecified atom stereocenters. The Kier molecular flexibility index (Phi) is 13.6. The van der Waals surface area contributed by atoms with Gasteiger partial charge in [-0.1, -0.05) is 51.9 Å². The zero-order valence-electron chi connectivity index (χ0n) is 18.4. The van der Waals surface area contributed by atoms with Crippen molar-refractivity contribution in [2.75, 3.05) is 6.61 Å². The second kappa shape index (κ2) is 16.6. The van der Waals surface area contributed by atoms with Gasteiger partial charge < -0.3 is 9.47 Å². The van der Waals surface area contributed by atoms with Crippen LogP contribution in [0.1, 0.15) is 69.4 Å². The molecule has 0 N–H and O–H groups in total. The molecule has 30 heavy (non-hydrogen) atoms. The molecule has 0 spiro atoms. The molecule has 0 atom stereocenters. The van der Waals surface area contributed by atoms with Crippen molar-refractivity contribution in [3.05, 3.63) is 23.3 Å². The maximum Gasteiger partial charge on any atom is 0.143 e. The molecule has 1 rings (SSSR count). The van der Waals surface area contributed by atoms with Crippen molar-refractivity contribution < 1.29 is 9.47 Å². The van der Waals surface area contributed by atoms with Gasteiger partial charge in [0.25, 0.3) is 0 Å². The highest BCUT2D eigenvalue weighted by atomic mass is 16.5. The fourth-order valence-corrected chi connectivity index (χ4v) is 2.75. The maximum atomic E-state index is 5.96. The van der Waals surface area contributed by atoms with Crippen LogP contribution in [-0.4, -0.2) is 6.61 Å². The summed E-state index contributed by atoms with van der Waals surface area (Å²) in [6.45, 7) is 6.98. The molecule has 0 radical (unpaired) electrons. The molecule has 2 nitrogen and oxygen atoms in total. The molecule has 1 aromatic carbocycles. The van der Waals surface area contributed by atoms with E-state index in [1.54, 1.807) is 0 Å².